The highest BCUT2D eigenvalue weighted by Gasteiger charge is 2.20. The van der Waals surface area contributed by atoms with Crippen LogP contribution in [0.25, 0.3) is 83.9 Å². The molecule has 0 bridgehead atoms. The predicted molar refractivity (Wildman–Crippen MR) is 201 cm³/mol. The van der Waals surface area contributed by atoms with Crippen LogP contribution >= 0.6 is 0 Å². The van der Waals surface area contributed by atoms with E-state index < -0.39 is 0 Å². The second kappa shape index (κ2) is 12.2. The first-order valence-corrected chi connectivity index (χ1v) is 16.5. The summed E-state index contributed by atoms with van der Waals surface area (Å²) in [4.78, 5) is 15.5. The lowest BCUT2D eigenvalue weighted by atomic mass is 10.0. The SMILES string of the molecule is c1ccc(-c2ccc(-c3nc(-c4ccc(-c5ccccc5)cc4)nc(-n4c5ccccc5c5cccc(-c6ccccc6)c54)n3)cc2)cc1. The molecule has 49 heavy (non-hydrogen) atoms. The molecule has 0 aliphatic heterocycles. The van der Waals surface area contributed by atoms with Crippen molar-refractivity contribution in [2.75, 3.05) is 0 Å². The topological polar surface area (TPSA) is 43.6 Å². The summed E-state index contributed by atoms with van der Waals surface area (Å²) in [5.74, 6) is 1.82. The second-order valence-electron chi connectivity index (χ2n) is 12.1. The summed E-state index contributed by atoms with van der Waals surface area (Å²) in [6.45, 7) is 0. The van der Waals surface area contributed by atoms with Crippen molar-refractivity contribution in [3.8, 4) is 62.1 Å². The fraction of sp³-hybridized carbons (Fsp3) is 0. The van der Waals surface area contributed by atoms with Gasteiger partial charge in [0.2, 0.25) is 5.95 Å². The molecular formula is C45H30N4. The van der Waals surface area contributed by atoms with E-state index in [2.05, 4.69) is 174 Å². The average Bonchev–Trinajstić information content (AvgIpc) is 3.54. The largest absolute Gasteiger partial charge is 0.277 e. The Hall–Kier alpha value is -6.65. The summed E-state index contributed by atoms with van der Waals surface area (Å²) in [6.07, 6.45) is 0. The molecule has 2 aromatic heterocycles. The molecular weight excluding hydrogens is 597 g/mol. The number of hydrogen-bond donors (Lipinski definition) is 0. The van der Waals surface area contributed by atoms with Crippen molar-refractivity contribution in [2.45, 2.75) is 0 Å². The van der Waals surface area contributed by atoms with Gasteiger partial charge in [0.15, 0.2) is 11.6 Å². The summed E-state index contributed by atoms with van der Waals surface area (Å²) in [6, 6.07) is 63.3. The maximum Gasteiger partial charge on any atom is 0.238 e. The molecule has 0 radical (unpaired) electrons. The van der Waals surface area contributed by atoms with Crippen LogP contribution in [0.4, 0.5) is 0 Å². The zero-order valence-corrected chi connectivity index (χ0v) is 26.6. The summed E-state index contributed by atoms with van der Waals surface area (Å²) >= 11 is 0. The summed E-state index contributed by atoms with van der Waals surface area (Å²) in [5.41, 5.74) is 10.8. The quantitative estimate of drug-likeness (QED) is 0.184. The number of rotatable bonds is 6. The molecule has 0 amide bonds. The Kier molecular flexibility index (Phi) is 7.10. The van der Waals surface area contributed by atoms with Crippen molar-refractivity contribution in [1.82, 2.24) is 19.5 Å². The molecule has 0 N–H and O–H groups in total. The van der Waals surface area contributed by atoms with Gasteiger partial charge in [-0.25, -0.2) is 4.98 Å². The van der Waals surface area contributed by atoms with Crippen molar-refractivity contribution in [2.24, 2.45) is 0 Å². The number of hydrogen-bond acceptors (Lipinski definition) is 3. The monoisotopic (exact) mass is 626 g/mol. The Morgan fingerprint density at radius 2 is 0.735 bits per heavy atom. The third-order valence-electron chi connectivity index (χ3n) is 9.10. The lowest BCUT2D eigenvalue weighted by Gasteiger charge is -2.13. The molecule has 9 rings (SSSR count). The van der Waals surface area contributed by atoms with Crippen LogP contribution in [-0.4, -0.2) is 19.5 Å². The molecule has 7 aromatic carbocycles. The van der Waals surface area contributed by atoms with E-state index in [1.54, 1.807) is 0 Å². The number of aromatic nitrogens is 4. The highest BCUT2D eigenvalue weighted by atomic mass is 15.2. The number of nitrogens with zero attached hydrogens (tertiary/aromatic N) is 4. The van der Waals surface area contributed by atoms with Gasteiger partial charge in [-0.3, -0.25) is 4.57 Å². The highest BCUT2D eigenvalue weighted by molar-refractivity contribution is 6.13. The Labute approximate surface area is 284 Å². The van der Waals surface area contributed by atoms with Crippen LogP contribution in [0.2, 0.25) is 0 Å². The van der Waals surface area contributed by atoms with Crippen molar-refractivity contribution in [3.05, 3.63) is 182 Å². The van der Waals surface area contributed by atoms with Gasteiger partial charge in [0, 0.05) is 27.5 Å². The Morgan fingerprint density at radius 1 is 0.306 bits per heavy atom. The number of para-hydroxylation sites is 2. The molecule has 2 heterocycles. The van der Waals surface area contributed by atoms with Gasteiger partial charge >= 0.3 is 0 Å². The van der Waals surface area contributed by atoms with Crippen LogP contribution in [0.15, 0.2) is 182 Å². The maximum absolute atomic E-state index is 5.21. The van der Waals surface area contributed by atoms with Crippen LogP contribution in [0.3, 0.4) is 0 Å². The second-order valence-corrected chi connectivity index (χ2v) is 12.1. The third-order valence-corrected chi connectivity index (χ3v) is 9.10. The van der Waals surface area contributed by atoms with Crippen LogP contribution in [0.5, 0.6) is 0 Å². The lowest BCUT2D eigenvalue weighted by Crippen LogP contribution is -2.07. The molecule has 0 aliphatic rings. The van der Waals surface area contributed by atoms with E-state index in [1.807, 2.05) is 12.1 Å². The van der Waals surface area contributed by atoms with Gasteiger partial charge in [-0.05, 0) is 33.9 Å². The highest BCUT2D eigenvalue weighted by Crippen LogP contribution is 2.38. The fourth-order valence-electron chi connectivity index (χ4n) is 6.68. The summed E-state index contributed by atoms with van der Waals surface area (Å²) in [7, 11) is 0. The van der Waals surface area contributed by atoms with Gasteiger partial charge < -0.3 is 0 Å². The molecule has 0 aliphatic carbocycles. The first-order chi connectivity index (χ1) is 24.3. The smallest absolute Gasteiger partial charge is 0.238 e. The predicted octanol–water partition coefficient (Wildman–Crippen LogP) is 11.3. The van der Waals surface area contributed by atoms with Gasteiger partial charge in [0.1, 0.15) is 0 Å². The fourth-order valence-corrected chi connectivity index (χ4v) is 6.68. The van der Waals surface area contributed by atoms with E-state index in [4.69, 9.17) is 15.0 Å². The summed E-state index contributed by atoms with van der Waals surface area (Å²) < 4.78 is 2.21. The molecule has 0 atom stereocenters. The Bertz CT molecular complexity index is 2450. The minimum absolute atomic E-state index is 0.578. The van der Waals surface area contributed by atoms with Gasteiger partial charge in [-0.2, -0.15) is 9.97 Å². The van der Waals surface area contributed by atoms with Gasteiger partial charge in [-0.15, -0.1) is 0 Å². The normalized spacial score (nSPS) is 11.3. The van der Waals surface area contributed by atoms with Crippen LogP contribution in [0.1, 0.15) is 0 Å². The molecule has 0 saturated carbocycles. The summed E-state index contributed by atoms with van der Waals surface area (Å²) in [5, 5.41) is 2.30. The van der Waals surface area contributed by atoms with Crippen molar-refractivity contribution >= 4 is 21.8 Å². The zero-order chi connectivity index (χ0) is 32.6. The van der Waals surface area contributed by atoms with E-state index >= 15 is 0 Å². The van der Waals surface area contributed by atoms with Crippen molar-refractivity contribution in [3.63, 3.8) is 0 Å². The minimum Gasteiger partial charge on any atom is -0.277 e. The molecule has 0 unspecified atom stereocenters. The molecule has 0 saturated heterocycles. The van der Waals surface area contributed by atoms with E-state index in [1.165, 1.54) is 11.1 Å². The Morgan fingerprint density at radius 3 is 1.29 bits per heavy atom. The van der Waals surface area contributed by atoms with E-state index in [0.717, 1.165) is 55.2 Å². The van der Waals surface area contributed by atoms with E-state index in [9.17, 15) is 0 Å². The zero-order valence-electron chi connectivity index (χ0n) is 26.6. The van der Waals surface area contributed by atoms with E-state index in [-0.39, 0.29) is 0 Å². The molecule has 4 heteroatoms. The molecule has 0 spiro atoms. The number of fused-ring (bicyclic) bond motifs is 3. The average molecular weight is 627 g/mol. The first-order valence-electron chi connectivity index (χ1n) is 16.5. The maximum atomic E-state index is 5.21. The van der Waals surface area contributed by atoms with Crippen LogP contribution < -0.4 is 0 Å². The lowest BCUT2D eigenvalue weighted by molar-refractivity contribution is 0.954. The van der Waals surface area contributed by atoms with Crippen molar-refractivity contribution < 1.29 is 0 Å². The molecule has 4 nitrogen and oxygen atoms in total. The molecule has 9 aromatic rings. The van der Waals surface area contributed by atoms with Gasteiger partial charge in [0.05, 0.1) is 11.0 Å². The van der Waals surface area contributed by atoms with E-state index in [0.29, 0.717) is 17.6 Å². The number of benzene rings is 7. The standard InChI is InChI=1S/C45H30N4/c1-4-13-31(14-5-1)33-23-27-36(28-24-33)43-46-44(37-29-25-34(26-30-37)32-15-6-2-7-16-32)48-45(47-43)49-41-22-11-10-19-39(41)40-21-12-20-38(42(40)49)35-17-8-3-9-18-35/h1-30H. The first kappa shape index (κ1) is 28.6. The van der Waals surface area contributed by atoms with Crippen molar-refractivity contribution in [1.29, 1.82) is 0 Å². The molecule has 230 valence electrons. The Balaban J connectivity index is 1.27. The van der Waals surface area contributed by atoms with Crippen LogP contribution in [-0.2, 0) is 0 Å². The van der Waals surface area contributed by atoms with Gasteiger partial charge in [-0.1, -0.05) is 176 Å². The van der Waals surface area contributed by atoms with Crippen LogP contribution in [0, 0.1) is 0 Å². The molecule has 0 fully saturated rings. The van der Waals surface area contributed by atoms with Gasteiger partial charge in [0.25, 0.3) is 0 Å². The minimum atomic E-state index is 0.578. The third kappa shape index (κ3) is 5.26.